The first-order valence-corrected chi connectivity index (χ1v) is 6.39. The third-order valence-corrected chi connectivity index (χ3v) is 2.86. The van der Waals surface area contributed by atoms with Gasteiger partial charge in [0, 0.05) is 6.20 Å². The molecule has 0 aliphatic rings. The summed E-state index contributed by atoms with van der Waals surface area (Å²) < 4.78 is 6.69. The van der Waals surface area contributed by atoms with Gasteiger partial charge in [0.2, 0.25) is 0 Å². The van der Waals surface area contributed by atoms with Crippen LogP contribution in [0, 0.1) is 5.41 Å². The van der Waals surface area contributed by atoms with E-state index in [9.17, 15) is 4.79 Å². The van der Waals surface area contributed by atoms with E-state index in [4.69, 9.17) is 4.74 Å². The van der Waals surface area contributed by atoms with Gasteiger partial charge in [-0.1, -0.05) is 27.2 Å². The summed E-state index contributed by atoms with van der Waals surface area (Å²) >= 11 is 0. The van der Waals surface area contributed by atoms with Crippen LogP contribution in [-0.4, -0.2) is 21.2 Å². The minimum atomic E-state index is -0.482. The average molecular weight is 252 g/mol. The van der Waals surface area contributed by atoms with Crippen molar-refractivity contribution in [1.29, 1.82) is 0 Å². The van der Waals surface area contributed by atoms with Gasteiger partial charge in [0.1, 0.15) is 11.9 Å². The molecule has 0 saturated carbocycles. The summed E-state index contributed by atoms with van der Waals surface area (Å²) in [5.41, 5.74) is 0.643. The summed E-state index contributed by atoms with van der Waals surface area (Å²) in [4.78, 5) is 16.1. The van der Waals surface area contributed by atoms with E-state index in [1.807, 2.05) is 20.8 Å². The van der Waals surface area contributed by atoms with Gasteiger partial charge >= 0.3 is 6.09 Å². The molecule has 0 saturated heterocycles. The lowest BCUT2D eigenvalue weighted by molar-refractivity contribution is 0.0536. The van der Waals surface area contributed by atoms with Crippen LogP contribution in [0.5, 0.6) is 0 Å². The van der Waals surface area contributed by atoms with Crippen LogP contribution in [0.1, 0.15) is 53.7 Å². The van der Waals surface area contributed by atoms with E-state index < -0.39 is 5.60 Å². The number of rotatable bonds is 3. The summed E-state index contributed by atoms with van der Waals surface area (Å²) in [7, 11) is 0. The van der Waals surface area contributed by atoms with Crippen molar-refractivity contribution in [3.05, 3.63) is 18.2 Å². The van der Waals surface area contributed by atoms with Gasteiger partial charge in [-0.2, -0.15) is 0 Å². The van der Waals surface area contributed by atoms with Crippen molar-refractivity contribution in [3.8, 4) is 0 Å². The monoisotopic (exact) mass is 252 g/mol. The molecule has 1 rings (SSSR count). The van der Waals surface area contributed by atoms with E-state index in [0.717, 1.165) is 18.5 Å². The van der Waals surface area contributed by atoms with Crippen molar-refractivity contribution >= 4 is 6.09 Å². The summed E-state index contributed by atoms with van der Waals surface area (Å²) in [6, 6.07) is 0. The van der Waals surface area contributed by atoms with Gasteiger partial charge in [0.25, 0.3) is 0 Å². The predicted octanol–water partition coefficient (Wildman–Crippen LogP) is 3.65. The molecule has 0 N–H and O–H groups in total. The first-order valence-electron chi connectivity index (χ1n) is 6.39. The van der Waals surface area contributed by atoms with E-state index in [1.165, 1.54) is 10.9 Å². The molecule has 4 nitrogen and oxygen atoms in total. The minimum absolute atomic E-state index is 0.202. The molecule has 0 bridgehead atoms. The Morgan fingerprint density at radius 1 is 1.33 bits per heavy atom. The van der Waals surface area contributed by atoms with Crippen LogP contribution < -0.4 is 0 Å². The highest BCUT2D eigenvalue weighted by Gasteiger charge is 2.20. The Labute approximate surface area is 109 Å². The zero-order valence-electron chi connectivity index (χ0n) is 12.3. The van der Waals surface area contributed by atoms with Gasteiger partial charge in [-0.05, 0) is 32.6 Å². The number of hydrogen-bond acceptors (Lipinski definition) is 3. The molecule has 1 aromatic heterocycles. The van der Waals surface area contributed by atoms with E-state index in [2.05, 4.69) is 25.8 Å². The predicted molar refractivity (Wildman–Crippen MR) is 71.6 cm³/mol. The summed E-state index contributed by atoms with van der Waals surface area (Å²) in [5.74, 6) is 0. The average Bonchev–Trinajstić information content (AvgIpc) is 2.63. The lowest BCUT2D eigenvalue weighted by atomic mass is 9.85. The van der Waals surface area contributed by atoms with Crippen molar-refractivity contribution in [2.75, 3.05) is 0 Å². The molecule has 4 heteroatoms. The van der Waals surface area contributed by atoms with Crippen LogP contribution >= 0.6 is 0 Å². The Morgan fingerprint density at radius 2 is 1.94 bits per heavy atom. The summed E-state index contributed by atoms with van der Waals surface area (Å²) in [6.07, 6.45) is 4.84. The highest BCUT2D eigenvalue weighted by Crippen LogP contribution is 2.24. The third kappa shape index (κ3) is 4.51. The van der Waals surface area contributed by atoms with Crippen molar-refractivity contribution in [2.24, 2.45) is 5.41 Å². The number of carbonyl (C=O) groups is 1. The second kappa shape index (κ2) is 5.12. The summed E-state index contributed by atoms with van der Waals surface area (Å²) in [6.45, 7) is 12.1. The summed E-state index contributed by atoms with van der Waals surface area (Å²) in [5, 5.41) is 0. The highest BCUT2D eigenvalue weighted by molar-refractivity contribution is 5.70. The van der Waals surface area contributed by atoms with E-state index in [1.54, 1.807) is 6.20 Å². The normalized spacial score (nSPS) is 12.6. The maximum absolute atomic E-state index is 11.8. The zero-order chi connectivity index (χ0) is 14.0. The SMILES string of the molecule is CCC(C)(C)Cc1cn(C(=O)OC(C)(C)C)cn1. The third-order valence-electron chi connectivity index (χ3n) is 2.86. The molecule has 0 radical (unpaired) electrons. The largest absolute Gasteiger partial charge is 0.443 e. The van der Waals surface area contributed by atoms with Gasteiger partial charge in [-0.3, -0.25) is 0 Å². The van der Waals surface area contributed by atoms with Crippen LogP contribution in [0.2, 0.25) is 0 Å². The molecule has 0 fully saturated rings. The van der Waals surface area contributed by atoms with Crippen molar-refractivity contribution in [3.63, 3.8) is 0 Å². The Kier molecular flexibility index (Phi) is 4.20. The first kappa shape index (κ1) is 14.7. The number of hydrogen-bond donors (Lipinski definition) is 0. The molecular weight excluding hydrogens is 228 g/mol. The smallest absolute Gasteiger partial charge is 0.419 e. The Balaban J connectivity index is 2.72. The van der Waals surface area contributed by atoms with Crippen molar-refractivity contribution in [2.45, 2.75) is 60.0 Å². The van der Waals surface area contributed by atoms with Crippen LogP contribution in [0.4, 0.5) is 4.79 Å². The van der Waals surface area contributed by atoms with Gasteiger partial charge in [0.15, 0.2) is 0 Å². The van der Waals surface area contributed by atoms with Gasteiger partial charge < -0.3 is 4.74 Å². The van der Waals surface area contributed by atoms with Crippen LogP contribution in [-0.2, 0) is 11.2 Å². The molecule has 18 heavy (non-hydrogen) atoms. The molecule has 0 unspecified atom stereocenters. The van der Waals surface area contributed by atoms with Crippen LogP contribution in [0.25, 0.3) is 0 Å². The van der Waals surface area contributed by atoms with E-state index >= 15 is 0 Å². The number of carbonyl (C=O) groups excluding carboxylic acids is 1. The van der Waals surface area contributed by atoms with E-state index in [-0.39, 0.29) is 11.5 Å². The number of imidazole rings is 1. The number of ether oxygens (including phenoxy) is 1. The lowest BCUT2D eigenvalue weighted by Crippen LogP contribution is -2.26. The molecule has 0 amide bonds. The number of nitrogens with zero attached hydrogens (tertiary/aromatic N) is 2. The van der Waals surface area contributed by atoms with Crippen LogP contribution in [0.3, 0.4) is 0 Å². The highest BCUT2D eigenvalue weighted by atomic mass is 16.6. The minimum Gasteiger partial charge on any atom is -0.443 e. The second-order valence-electron chi connectivity index (χ2n) is 6.45. The fourth-order valence-corrected chi connectivity index (χ4v) is 1.48. The Hall–Kier alpha value is -1.32. The van der Waals surface area contributed by atoms with Gasteiger partial charge in [-0.15, -0.1) is 0 Å². The Morgan fingerprint density at radius 3 is 2.44 bits per heavy atom. The standard InChI is InChI=1S/C14H24N2O2/c1-7-14(5,6)8-11-9-16(10-15-11)12(17)18-13(2,3)4/h9-10H,7-8H2,1-6H3. The molecule has 0 atom stereocenters. The van der Waals surface area contributed by atoms with E-state index in [0.29, 0.717) is 0 Å². The quantitative estimate of drug-likeness (QED) is 0.824. The zero-order valence-corrected chi connectivity index (χ0v) is 12.3. The molecule has 0 aliphatic carbocycles. The van der Waals surface area contributed by atoms with Crippen molar-refractivity contribution in [1.82, 2.24) is 9.55 Å². The lowest BCUT2D eigenvalue weighted by Gasteiger charge is -2.21. The Bertz CT molecular complexity index is 414. The molecule has 102 valence electrons. The topological polar surface area (TPSA) is 44.1 Å². The van der Waals surface area contributed by atoms with Gasteiger partial charge in [0.05, 0.1) is 5.69 Å². The first-order chi connectivity index (χ1) is 8.13. The van der Waals surface area contributed by atoms with Gasteiger partial charge in [-0.25, -0.2) is 14.3 Å². The molecule has 0 aromatic carbocycles. The maximum Gasteiger partial charge on any atom is 0.419 e. The molecule has 0 aliphatic heterocycles. The molecule has 1 heterocycles. The fraction of sp³-hybridized carbons (Fsp3) is 0.714. The molecule has 1 aromatic rings. The number of aromatic nitrogens is 2. The van der Waals surface area contributed by atoms with Crippen molar-refractivity contribution < 1.29 is 9.53 Å². The maximum atomic E-state index is 11.8. The molecular formula is C14H24N2O2. The molecule has 0 spiro atoms. The van der Waals surface area contributed by atoms with Crippen LogP contribution in [0.15, 0.2) is 12.5 Å². The second-order valence-corrected chi connectivity index (χ2v) is 6.45. The fourth-order valence-electron chi connectivity index (χ4n) is 1.48.